The Morgan fingerprint density at radius 1 is 1.38 bits per heavy atom. The van der Waals surface area contributed by atoms with E-state index in [2.05, 4.69) is 4.74 Å². The highest BCUT2D eigenvalue weighted by atomic mass is 35.5. The lowest BCUT2D eigenvalue weighted by atomic mass is 10.1. The topological polar surface area (TPSA) is 35.2 Å². The lowest BCUT2D eigenvalue weighted by Crippen LogP contribution is -2.17. The number of nitrogens with two attached hydrogens (primary N) is 1. The van der Waals surface area contributed by atoms with E-state index in [4.69, 9.17) is 17.3 Å². The highest BCUT2D eigenvalue weighted by Gasteiger charge is 2.31. The predicted octanol–water partition coefficient (Wildman–Crippen LogP) is 3.42. The minimum absolute atomic E-state index is 0.195. The fourth-order valence-corrected chi connectivity index (χ4v) is 1.18. The van der Waals surface area contributed by atoms with Crippen LogP contribution in [0.2, 0.25) is 0 Å². The molecule has 0 fully saturated rings. The molecule has 0 saturated carbocycles. The monoisotopic (exact) mass is 251 g/mol. The van der Waals surface area contributed by atoms with Gasteiger partial charge in [0.15, 0.2) is 0 Å². The maximum atomic E-state index is 12.0. The molecule has 6 heteroatoms. The summed E-state index contributed by atoms with van der Waals surface area (Å²) in [4.78, 5) is 0. The molecular weight excluding hydrogens is 243 g/mol. The van der Waals surface area contributed by atoms with Gasteiger partial charge >= 0.3 is 6.36 Å². The van der Waals surface area contributed by atoms with Crippen molar-refractivity contribution in [2.75, 3.05) is 11.6 Å². The molecule has 0 aromatic heterocycles. The van der Waals surface area contributed by atoms with Crippen molar-refractivity contribution in [1.29, 1.82) is 0 Å². The molecule has 0 atom stereocenters. The van der Waals surface area contributed by atoms with Crippen LogP contribution in [0.25, 0.3) is 6.08 Å². The summed E-state index contributed by atoms with van der Waals surface area (Å²) in [5.74, 6) is -0.108. The molecule has 0 aliphatic rings. The highest BCUT2D eigenvalue weighted by Crippen LogP contribution is 2.28. The van der Waals surface area contributed by atoms with Crippen molar-refractivity contribution >= 4 is 23.4 Å². The highest BCUT2D eigenvalue weighted by molar-refractivity contribution is 6.19. The molecule has 0 spiro atoms. The van der Waals surface area contributed by atoms with Gasteiger partial charge in [-0.2, -0.15) is 0 Å². The van der Waals surface area contributed by atoms with Gasteiger partial charge in [-0.05, 0) is 18.2 Å². The smallest absolute Gasteiger partial charge is 0.405 e. The molecule has 0 aliphatic carbocycles. The number of hydrogen-bond donors (Lipinski definition) is 1. The minimum Gasteiger partial charge on any atom is -0.405 e. The van der Waals surface area contributed by atoms with E-state index >= 15 is 0 Å². The summed E-state index contributed by atoms with van der Waals surface area (Å²) in [6.07, 6.45) is -1.80. The van der Waals surface area contributed by atoms with Crippen molar-refractivity contribution in [3.05, 3.63) is 29.8 Å². The molecule has 0 aliphatic heterocycles. The van der Waals surface area contributed by atoms with Gasteiger partial charge in [-0.1, -0.05) is 12.2 Å². The third-order valence-electron chi connectivity index (χ3n) is 1.65. The van der Waals surface area contributed by atoms with Gasteiger partial charge in [0, 0.05) is 17.1 Å². The number of alkyl halides is 4. The maximum absolute atomic E-state index is 12.0. The zero-order valence-electron chi connectivity index (χ0n) is 8.09. The van der Waals surface area contributed by atoms with Crippen molar-refractivity contribution in [2.24, 2.45) is 0 Å². The standard InChI is InChI=1S/C10H9ClF3NO/c11-5-1-2-7-6-8(15)3-4-9(7)16-10(12,13)14/h1-4,6H,5,15H2. The molecule has 0 amide bonds. The van der Waals surface area contributed by atoms with Crippen LogP contribution in [0.3, 0.4) is 0 Å². The first-order valence-corrected chi connectivity index (χ1v) is 4.83. The van der Waals surface area contributed by atoms with Gasteiger partial charge in [0.05, 0.1) is 0 Å². The van der Waals surface area contributed by atoms with Crippen molar-refractivity contribution in [3.63, 3.8) is 0 Å². The molecule has 2 nitrogen and oxygen atoms in total. The second-order valence-electron chi connectivity index (χ2n) is 2.90. The van der Waals surface area contributed by atoms with Crippen LogP contribution in [0.5, 0.6) is 5.75 Å². The molecule has 0 radical (unpaired) electrons. The van der Waals surface area contributed by atoms with Gasteiger partial charge in [0.2, 0.25) is 0 Å². The number of anilines is 1. The Bertz CT molecular complexity index is 390. The zero-order valence-corrected chi connectivity index (χ0v) is 8.85. The second kappa shape index (κ2) is 5.12. The molecule has 0 saturated heterocycles. The number of allylic oxidation sites excluding steroid dienone is 1. The summed E-state index contributed by atoms with van der Waals surface area (Å²) in [5.41, 5.74) is 6.04. The van der Waals surface area contributed by atoms with E-state index < -0.39 is 6.36 Å². The van der Waals surface area contributed by atoms with E-state index in [-0.39, 0.29) is 17.2 Å². The molecule has 1 rings (SSSR count). The first-order chi connectivity index (χ1) is 7.42. The van der Waals surface area contributed by atoms with Crippen LogP contribution in [0.1, 0.15) is 5.56 Å². The first kappa shape index (κ1) is 12.7. The van der Waals surface area contributed by atoms with Gasteiger partial charge in [0.25, 0.3) is 0 Å². The largest absolute Gasteiger partial charge is 0.573 e. The summed E-state index contributed by atoms with van der Waals surface area (Å²) in [6, 6.07) is 3.87. The van der Waals surface area contributed by atoms with Crippen LogP contribution in [0.4, 0.5) is 18.9 Å². The van der Waals surface area contributed by atoms with Crippen LogP contribution >= 0.6 is 11.6 Å². The molecule has 0 heterocycles. The van der Waals surface area contributed by atoms with E-state index in [1.54, 1.807) is 0 Å². The number of rotatable bonds is 3. The minimum atomic E-state index is -4.72. The molecule has 0 unspecified atom stereocenters. The van der Waals surface area contributed by atoms with Crippen LogP contribution in [-0.2, 0) is 0 Å². The van der Waals surface area contributed by atoms with Gasteiger partial charge in [0.1, 0.15) is 5.75 Å². The SMILES string of the molecule is Nc1ccc(OC(F)(F)F)c(C=CCCl)c1. The van der Waals surface area contributed by atoms with Gasteiger partial charge in [-0.3, -0.25) is 0 Å². The third-order valence-corrected chi connectivity index (χ3v) is 1.82. The molecule has 0 bridgehead atoms. The Labute approximate surface area is 95.5 Å². The van der Waals surface area contributed by atoms with Crippen LogP contribution in [0, 0.1) is 0 Å². The van der Waals surface area contributed by atoms with Crippen LogP contribution < -0.4 is 10.5 Å². The summed E-state index contributed by atoms with van der Waals surface area (Å²) >= 11 is 5.40. The van der Waals surface area contributed by atoms with Crippen molar-refractivity contribution < 1.29 is 17.9 Å². The molecule has 2 N–H and O–H groups in total. The van der Waals surface area contributed by atoms with E-state index in [0.717, 1.165) is 6.07 Å². The van der Waals surface area contributed by atoms with Gasteiger partial charge in [-0.15, -0.1) is 24.8 Å². The Balaban J connectivity index is 3.03. The van der Waals surface area contributed by atoms with Crippen LogP contribution in [-0.4, -0.2) is 12.2 Å². The first-order valence-electron chi connectivity index (χ1n) is 4.30. The lowest BCUT2D eigenvalue weighted by molar-refractivity contribution is -0.274. The van der Waals surface area contributed by atoms with Crippen molar-refractivity contribution in [2.45, 2.75) is 6.36 Å². The predicted molar refractivity (Wildman–Crippen MR) is 57.3 cm³/mol. The quantitative estimate of drug-likeness (QED) is 0.660. The van der Waals surface area contributed by atoms with Gasteiger partial charge < -0.3 is 10.5 Å². The summed E-state index contributed by atoms with van der Waals surface area (Å²) < 4.78 is 40.0. The molecule has 1 aromatic rings. The number of nitrogen functional groups attached to an aromatic ring is 1. The normalized spacial score (nSPS) is 12.0. The molecule has 88 valence electrons. The number of ether oxygens (including phenoxy) is 1. The fraction of sp³-hybridized carbons (Fsp3) is 0.200. The van der Waals surface area contributed by atoms with E-state index in [1.807, 2.05) is 0 Å². The Kier molecular flexibility index (Phi) is 4.06. The Morgan fingerprint density at radius 2 is 2.06 bits per heavy atom. The zero-order chi connectivity index (χ0) is 12.2. The van der Waals surface area contributed by atoms with Crippen LogP contribution in [0.15, 0.2) is 24.3 Å². The average molecular weight is 252 g/mol. The Hall–Kier alpha value is -1.36. The second-order valence-corrected chi connectivity index (χ2v) is 3.21. The third kappa shape index (κ3) is 4.02. The Morgan fingerprint density at radius 3 is 2.62 bits per heavy atom. The fourth-order valence-electron chi connectivity index (χ4n) is 1.09. The van der Waals surface area contributed by atoms with E-state index in [1.165, 1.54) is 24.3 Å². The average Bonchev–Trinajstić information content (AvgIpc) is 2.16. The van der Waals surface area contributed by atoms with Gasteiger partial charge in [-0.25, -0.2) is 0 Å². The summed E-state index contributed by atoms with van der Waals surface area (Å²) in [5, 5.41) is 0. The van der Waals surface area contributed by atoms with Crippen molar-refractivity contribution in [3.8, 4) is 5.75 Å². The maximum Gasteiger partial charge on any atom is 0.573 e. The summed E-state index contributed by atoms with van der Waals surface area (Å²) in [6.45, 7) is 0. The summed E-state index contributed by atoms with van der Waals surface area (Å²) in [7, 11) is 0. The van der Waals surface area contributed by atoms with E-state index in [9.17, 15) is 13.2 Å². The number of benzene rings is 1. The molecule has 16 heavy (non-hydrogen) atoms. The lowest BCUT2D eigenvalue weighted by Gasteiger charge is -2.11. The van der Waals surface area contributed by atoms with Crippen molar-refractivity contribution in [1.82, 2.24) is 0 Å². The number of halogens is 4. The number of hydrogen-bond acceptors (Lipinski definition) is 2. The molecular formula is C10H9ClF3NO. The van der Waals surface area contributed by atoms with E-state index in [0.29, 0.717) is 5.69 Å². The molecule has 1 aromatic carbocycles.